The Kier molecular flexibility index (Phi) is 4.37. The van der Waals surface area contributed by atoms with Gasteiger partial charge in [-0.2, -0.15) is 0 Å². The molecule has 3 rings (SSSR count). The molecule has 1 N–H and O–H groups in total. The van der Waals surface area contributed by atoms with Crippen molar-refractivity contribution in [3.8, 4) is 0 Å². The van der Waals surface area contributed by atoms with Crippen LogP contribution in [0.15, 0.2) is 54.1 Å². The molecule has 0 spiro atoms. The lowest BCUT2D eigenvalue weighted by Crippen LogP contribution is -2.19. The van der Waals surface area contributed by atoms with Crippen LogP contribution in [-0.2, 0) is 6.54 Å². The van der Waals surface area contributed by atoms with Gasteiger partial charge in [-0.1, -0.05) is 61.1 Å². The predicted octanol–water partition coefficient (Wildman–Crippen LogP) is 4.32. The molecule has 0 amide bonds. The number of rotatable bonds is 5. The van der Waals surface area contributed by atoms with Crippen LogP contribution in [0.5, 0.6) is 0 Å². The third-order valence-corrected chi connectivity index (χ3v) is 4.75. The third-order valence-electron chi connectivity index (χ3n) is 4.75. The molecule has 1 aromatic rings. The van der Waals surface area contributed by atoms with Gasteiger partial charge in [-0.25, -0.2) is 0 Å². The molecule has 0 bridgehead atoms. The molecule has 0 heterocycles. The van der Waals surface area contributed by atoms with Crippen molar-refractivity contribution < 1.29 is 0 Å². The van der Waals surface area contributed by atoms with Crippen LogP contribution in [0.25, 0.3) is 0 Å². The molecule has 0 saturated heterocycles. The Balaban J connectivity index is 1.47. The standard InChI is InChI=1S/C19H25N/c1-15-12-18-9-5-8-17(19(18)13-15)10-11-20-14-16-6-3-2-4-7-16/h2-9,15,18-20H,10-14H2,1H3. The fraction of sp³-hybridized carbons (Fsp3) is 0.474. The van der Waals surface area contributed by atoms with Gasteiger partial charge in [-0.15, -0.1) is 0 Å². The summed E-state index contributed by atoms with van der Waals surface area (Å²) in [5, 5.41) is 3.58. The number of hydrogen-bond donors (Lipinski definition) is 1. The lowest BCUT2D eigenvalue weighted by Gasteiger charge is -2.23. The zero-order chi connectivity index (χ0) is 13.8. The largest absolute Gasteiger partial charge is 0.312 e. The average molecular weight is 267 g/mol. The van der Waals surface area contributed by atoms with Gasteiger partial charge in [-0.3, -0.25) is 0 Å². The molecule has 0 aromatic heterocycles. The summed E-state index contributed by atoms with van der Waals surface area (Å²) in [7, 11) is 0. The van der Waals surface area contributed by atoms with E-state index in [1.807, 2.05) is 0 Å². The van der Waals surface area contributed by atoms with Gasteiger partial charge in [0.1, 0.15) is 0 Å². The van der Waals surface area contributed by atoms with Crippen LogP contribution < -0.4 is 5.32 Å². The molecule has 106 valence electrons. The van der Waals surface area contributed by atoms with Gasteiger partial charge < -0.3 is 5.32 Å². The average Bonchev–Trinajstić information content (AvgIpc) is 2.86. The first-order chi connectivity index (χ1) is 9.83. The van der Waals surface area contributed by atoms with Gasteiger partial charge >= 0.3 is 0 Å². The van der Waals surface area contributed by atoms with Crippen LogP contribution in [0.1, 0.15) is 31.7 Å². The first-order valence-electron chi connectivity index (χ1n) is 7.95. The van der Waals surface area contributed by atoms with Crippen LogP contribution in [0, 0.1) is 17.8 Å². The minimum atomic E-state index is 0.819. The van der Waals surface area contributed by atoms with E-state index in [1.54, 1.807) is 5.57 Å². The van der Waals surface area contributed by atoms with E-state index in [-0.39, 0.29) is 0 Å². The number of fused-ring (bicyclic) bond motifs is 1. The molecule has 2 aliphatic rings. The molecule has 0 aliphatic heterocycles. The lowest BCUT2D eigenvalue weighted by molar-refractivity contribution is 0.496. The molecule has 3 unspecified atom stereocenters. The van der Waals surface area contributed by atoms with E-state index in [4.69, 9.17) is 0 Å². The van der Waals surface area contributed by atoms with E-state index in [0.717, 1.165) is 30.8 Å². The number of allylic oxidation sites excluding steroid dienone is 3. The van der Waals surface area contributed by atoms with Gasteiger partial charge in [-0.05, 0) is 49.1 Å². The first-order valence-corrected chi connectivity index (χ1v) is 7.95. The minimum Gasteiger partial charge on any atom is -0.312 e. The topological polar surface area (TPSA) is 12.0 Å². The quantitative estimate of drug-likeness (QED) is 0.783. The molecule has 2 aliphatic carbocycles. The SMILES string of the molecule is CC1CC2C=CC=C(CCNCc3ccccc3)C2C1. The van der Waals surface area contributed by atoms with E-state index < -0.39 is 0 Å². The molecule has 1 saturated carbocycles. The fourth-order valence-electron chi connectivity index (χ4n) is 3.75. The van der Waals surface area contributed by atoms with Crippen molar-refractivity contribution in [2.75, 3.05) is 6.54 Å². The van der Waals surface area contributed by atoms with Crippen LogP contribution in [-0.4, -0.2) is 6.54 Å². The van der Waals surface area contributed by atoms with Crippen LogP contribution in [0.2, 0.25) is 0 Å². The molecule has 0 radical (unpaired) electrons. The van der Waals surface area contributed by atoms with Gasteiger partial charge in [0.25, 0.3) is 0 Å². The highest BCUT2D eigenvalue weighted by Crippen LogP contribution is 2.43. The van der Waals surface area contributed by atoms with E-state index in [2.05, 4.69) is 60.8 Å². The van der Waals surface area contributed by atoms with Gasteiger partial charge in [0, 0.05) is 6.54 Å². The molecule has 1 fully saturated rings. The van der Waals surface area contributed by atoms with Crippen molar-refractivity contribution >= 4 is 0 Å². The Morgan fingerprint density at radius 3 is 2.85 bits per heavy atom. The smallest absolute Gasteiger partial charge is 0.0205 e. The van der Waals surface area contributed by atoms with Gasteiger partial charge in [0.05, 0.1) is 0 Å². The molecular formula is C19H25N. The highest BCUT2D eigenvalue weighted by molar-refractivity contribution is 5.25. The maximum atomic E-state index is 3.58. The lowest BCUT2D eigenvalue weighted by atomic mass is 9.83. The van der Waals surface area contributed by atoms with Crippen LogP contribution >= 0.6 is 0 Å². The van der Waals surface area contributed by atoms with Crippen molar-refractivity contribution in [2.45, 2.75) is 32.7 Å². The third kappa shape index (κ3) is 3.21. The summed E-state index contributed by atoms with van der Waals surface area (Å²) in [6.07, 6.45) is 11.0. The second-order valence-corrected chi connectivity index (χ2v) is 6.39. The molecule has 3 atom stereocenters. The van der Waals surface area contributed by atoms with E-state index in [0.29, 0.717) is 0 Å². The maximum Gasteiger partial charge on any atom is 0.0205 e. The van der Waals surface area contributed by atoms with Crippen molar-refractivity contribution in [3.05, 3.63) is 59.7 Å². The predicted molar refractivity (Wildman–Crippen MR) is 85.4 cm³/mol. The highest BCUT2D eigenvalue weighted by Gasteiger charge is 2.33. The van der Waals surface area contributed by atoms with Crippen molar-refractivity contribution in [1.82, 2.24) is 5.32 Å². The van der Waals surface area contributed by atoms with Crippen LogP contribution in [0.4, 0.5) is 0 Å². The first kappa shape index (κ1) is 13.6. The van der Waals surface area contributed by atoms with Crippen molar-refractivity contribution in [3.63, 3.8) is 0 Å². The summed E-state index contributed by atoms with van der Waals surface area (Å²) in [5.74, 6) is 2.54. The van der Waals surface area contributed by atoms with Crippen molar-refractivity contribution in [1.29, 1.82) is 0 Å². The molecule has 1 aromatic carbocycles. The maximum absolute atomic E-state index is 3.58. The summed E-state index contributed by atoms with van der Waals surface area (Å²) in [6, 6.07) is 10.7. The minimum absolute atomic E-state index is 0.819. The summed E-state index contributed by atoms with van der Waals surface area (Å²) >= 11 is 0. The molecule has 20 heavy (non-hydrogen) atoms. The monoisotopic (exact) mass is 267 g/mol. The zero-order valence-electron chi connectivity index (χ0n) is 12.4. The number of hydrogen-bond acceptors (Lipinski definition) is 1. The second-order valence-electron chi connectivity index (χ2n) is 6.39. The van der Waals surface area contributed by atoms with Crippen LogP contribution in [0.3, 0.4) is 0 Å². The zero-order valence-corrected chi connectivity index (χ0v) is 12.4. The van der Waals surface area contributed by atoms with Gasteiger partial charge in [0.15, 0.2) is 0 Å². The highest BCUT2D eigenvalue weighted by atomic mass is 14.8. The Bertz CT molecular complexity index is 486. The molecule has 1 heteroatoms. The second kappa shape index (κ2) is 6.41. The normalized spacial score (nSPS) is 28.2. The fourth-order valence-corrected chi connectivity index (χ4v) is 3.75. The summed E-state index contributed by atoms with van der Waals surface area (Å²) < 4.78 is 0. The van der Waals surface area contributed by atoms with Gasteiger partial charge in [0.2, 0.25) is 0 Å². The van der Waals surface area contributed by atoms with E-state index >= 15 is 0 Å². The Morgan fingerprint density at radius 1 is 1.15 bits per heavy atom. The summed E-state index contributed by atoms with van der Waals surface area (Å²) in [4.78, 5) is 0. The Hall–Kier alpha value is -1.34. The number of benzene rings is 1. The summed E-state index contributed by atoms with van der Waals surface area (Å²) in [6.45, 7) is 4.47. The Labute approximate surface area is 122 Å². The Morgan fingerprint density at radius 2 is 2.00 bits per heavy atom. The van der Waals surface area contributed by atoms with E-state index in [9.17, 15) is 0 Å². The van der Waals surface area contributed by atoms with E-state index in [1.165, 1.54) is 24.8 Å². The number of nitrogens with one attached hydrogen (secondary N) is 1. The molecular weight excluding hydrogens is 242 g/mol. The summed E-state index contributed by atoms with van der Waals surface area (Å²) in [5.41, 5.74) is 3.04. The van der Waals surface area contributed by atoms with Crippen molar-refractivity contribution in [2.24, 2.45) is 17.8 Å². The molecule has 1 nitrogen and oxygen atoms in total.